The zero-order chi connectivity index (χ0) is 18.6. The number of urea groups is 1. The molecule has 8 heteroatoms. The van der Waals surface area contributed by atoms with Gasteiger partial charge in [0, 0.05) is 49.3 Å². The van der Waals surface area contributed by atoms with E-state index in [0.29, 0.717) is 24.3 Å². The topological polar surface area (TPSA) is 86.4 Å². The number of benzene rings is 1. The number of anilines is 1. The Bertz CT molecular complexity index is 828. The van der Waals surface area contributed by atoms with Crippen molar-refractivity contribution in [1.29, 1.82) is 0 Å². The molecule has 2 aliphatic rings. The van der Waals surface area contributed by atoms with Gasteiger partial charge in [0.2, 0.25) is 0 Å². The third-order valence-corrected chi connectivity index (χ3v) is 4.85. The Morgan fingerprint density at radius 1 is 1.18 bits per heavy atom. The molecule has 1 aromatic carbocycles. The first kappa shape index (κ1) is 20.1. The highest BCUT2D eigenvalue weighted by molar-refractivity contribution is 5.97. The molecular formula is C20H24ClN5O2. The largest absolute Gasteiger partial charge is 0.335 e. The van der Waals surface area contributed by atoms with Gasteiger partial charge in [0.1, 0.15) is 0 Å². The summed E-state index contributed by atoms with van der Waals surface area (Å²) in [5, 5.41) is 9.04. The number of amides is 3. The molecule has 3 N–H and O–H groups in total. The summed E-state index contributed by atoms with van der Waals surface area (Å²) in [6.45, 7) is 2.07. The molecular weight excluding hydrogens is 378 g/mol. The molecule has 1 saturated carbocycles. The highest BCUT2D eigenvalue weighted by atomic mass is 35.5. The Balaban J connectivity index is 0.00000225. The van der Waals surface area contributed by atoms with E-state index >= 15 is 0 Å². The summed E-state index contributed by atoms with van der Waals surface area (Å²) >= 11 is 0. The molecule has 1 aliphatic heterocycles. The summed E-state index contributed by atoms with van der Waals surface area (Å²) in [6.07, 6.45) is 5.60. The normalized spacial score (nSPS) is 18.7. The molecule has 2 heterocycles. The first-order valence-electron chi connectivity index (χ1n) is 9.30. The minimum atomic E-state index is -0.225. The number of pyridine rings is 1. The number of hydrogen-bond donors (Lipinski definition) is 3. The molecule has 1 aromatic heterocycles. The van der Waals surface area contributed by atoms with Gasteiger partial charge >= 0.3 is 6.03 Å². The van der Waals surface area contributed by atoms with E-state index in [2.05, 4.69) is 20.9 Å². The van der Waals surface area contributed by atoms with Crippen molar-refractivity contribution in [3.05, 3.63) is 59.9 Å². The fourth-order valence-electron chi connectivity index (χ4n) is 3.29. The van der Waals surface area contributed by atoms with Crippen LogP contribution >= 0.6 is 12.4 Å². The van der Waals surface area contributed by atoms with Crippen LogP contribution in [0.3, 0.4) is 0 Å². The van der Waals surface area contributed by atoms with Crippen molar-refractivity contribution in [2.75, 3.05) is 25.0 Å². The van der Waals surface area contributed by atoms with Crippen LogP contribution in [0.4, 0.5) is 10.5 Å². The van der Waals surface area contributed by atoms with Crippen molar-refractivity contribution in [3.63, 3.8) is 0 Å². The van der Waals surface area contributed by atoms with E-state index in [1.54, 1.807) is 36.7 Å². The number of halogens is 1. The van der Waals surface area contributed by atoms with Crippen molar-refractivity contribution >= 4 is 30.0 Å². The number of rotatable bonds is 4. The number of carbonyl (C=O) groups is 2. The molecule has 2 aromatic rings. The molecule has 1 aliphatic carbocycles. The van der Waals surface area contributed by atoms with Crippen LogP contribution in [-0.4, -0.2) is 47.5 Å². The summed E-state index contributed by atoms with van der Waals surface area (Å²) in [5.41, 5.74) is 2.19. The van der Waals surface area contributed by atoms with Gasteiger partial charge in [-0.2, -0.15) is 0 Å². The number of nitrogens with one attached hydrogen (secondary N) is 3. The van der Waals surface area contributed by atoms with Crippen molar-refractivity contribution < 1.29 is 9.59 Å². The van der Waals surface area contributed by atoms with Crippen LogP contribution in [-0.2, 0) is 0 Å². The predicted molar refractivity (Wildman–Crippen MR) is 110 cm³/mol. The Hall–Kier alpha value is -2.64. The Kier molecular flexibility index (Phi) is 6.49. The summed E-state index contributed by atoms with van der Waals surface area (Å²) in [5.74, 6) is -0.0448. The molecule has 1 atom stereocenters. The third kappa shape index (κ3) is 4.79. The number of nitrogens with zero attached hydrogens (tertiary/aromatic N) is 2. The van der Waals surface area contributed by atoms with Crippen molar-refractivity contribution in [3.8, 4) is 0 Å². The average Bonchev–Trinajstić information content (AvgIpc) is 3.52. The molecule has 28 heavy (non-hydrogen) atoms. The van der Waals surface area contributed by atoms with Gasteiger partial charge in [0.15, 0.2) is 0 Å². The quantitative estimate of drug-likeness (QED) is 0.735. The molecule has 148 valence electrons. The zero-order valence-electron chi connectivity index (χ0n) is 15.4. The Morgan fingerprint density at radius 3 is 2.79 bits per heavy atom. The van der Waals surface area contributed by atoms with E-state index < -0.39 is 0 Å². The van der Waals surface area contributed by atoms with Gasteiger partial charge in [0.05, 0.1) is 6.04 Å². The molecule has 4 rings (SSSR count). The number of piperazine rings is 1. The molecule has 0 bridgehead atoms. The summed E-state index contributed by atoms with van der Waals surface area (Å²) < 4.78 is 0. The van der Waals surface area contributed by atoms with Gasteiger partial charge < -0.3 is 20.9 Å². The van der Waals surface area contributed by atoms with E-state index in [4.69, 9.17) is 0 Å². The number of carbonyl (C=O) groups excluding carboxylic acids is 2. The van der Waals surface area contributed by atoms with Crippen LogP contribution in [0, 0.1) is 0 Å². The number of hydrogen-bond acceptors (Lipinski definition) is 4. The van der Waals surface area contributed by atoms with E-state index in [1.165, 1.54) is 0 Å². The van der Waals surface area contributed by atoms with Gasteiger partial charge in [-0.1, -0.05) is 12.1 Å². The standard InChI is InChI=1S/C20H23N5O2.ClH/c26-19(25-10-9-22-13-18(25)15-4-2-8-21-12-15)14-3-1-5-17(11-14)24-20(27)23-16-6-7-16;/h1-5,8,11-12,16,18,22H,6-7,9-10,13H2,(H2,23,24,27);1H. The Morgan fingerprint density at radius 2 is 2.04 bits per heavy atom. The lowest BCUT2D eigenvalue weighted by Crippen LogP contribution is -2.48. The van der Waals surface area contributed by atoms with Gasteiger partial charge in [-0.3, -0.25) is 9.78 Å². The summed E-state index contributed by atoms with van der Waals surface area (Å²) in [7, 11) is 0. The van der Waals surface area contributed by atoms with Crippen molar-refractivity contribution in [1.82, 2.24) is 20.5 Å². The predicted octanol–water partition coefficient (Wildman–Crippen LogP) is 2.57. The average molecular weight is 402 g/mol. The first-order chi connectivity index (χ1) is 13.2. The number of aromatic nitrogens is 1. The lowest BCUT2D eigenvalue weighted by atomic mass is 10.0. The Labute approximate surface area is 170 Å². The van der Waals surface area contributed by atoms with Gasteiger partial charge in [-0.05, 0) is 42.7 Å². The zero-order valence-corrected chi connectivity index (χ0v) is 16.2. The van der Waals surface area contributed by atoms with Crippen LogP contribution in [0.25, 0.3) is 0 Å². The van der Waals surface area contributed by atoms with Gasteiger partial charge in [-0.25, -0.2) is 4.79 Å². The maximum absolute atomic E-state index is 13.2. The molecule has 3 amide bonds. The minimum absolute atomic E-state index is 0. The smallest absolute Gasteiger partial charge is 0.319 e. The third-order valence-electron chi connectivity index (χ3n) is 4.85. The van der Waals surface area contributed by atoms with Gasteiger partial charge in [0.25, 0.3) is 5.91 Å². The summed E-state index contributed by atoms with van der Waals surface area (Å²) in [4.78, 5) is 31.2. The molecule has 1 unspecified atom stereocenters. The molecule has 0 radical (unpaired) electrons. The monoisotopic (exact) mass is 401 g/mol. The maximum Gasteiger partial charge on any atom is 0.319 e. The van der Waals surface area contributed by atoms with Crippen LogP contribution in [0.1, 0.15) is 34.8 Å². The van der Waals surface area contributed by atoms with Gasteiger partial charge in [-0.15, -0.1) is 12.4 Å². The van der Waals surface area contributed by atoms with E-state index in [9.17, 15) is 9.59 Å². The van der Waals surface area contributed by atoms with E-state index in [1.807, 2.05) is 17.0 Å². The van der Waals surface area contributed by atoms with Crippen LogP contribution < -0.4 is 16.0 Å². The van der Waals surface area contributed by atoms with Crippen molar-refractivity contribution in [2.24, 2.45) is 0 Å². The molecule has 7 nitrogen and oxygen atoms in total. The second kappa shape index (κ2) is 9.03. The second-order valence-corrected chi connectivity index (χ2v) is 6.96. The van der Waals surface area contributed by atoms with E-state index in [-0.39, 0.29) is 36.4 Å². The lowest BCUT2D eigenvalue weighted by molar-refractivity contribution is 0.0634. The first-order valence-corrected chi connectivity index (χ1v) is 9.30. The fraction of sp³-hybridized carbons (Fsp3) is 0.350. The lowest BCUT2D eigenvalue weighted by Gasteiger charge is -2.36. The second-order valence-electron chi connectivity index (χ2n) is 6.96. The summed E-state index contributed by atoms with van der Waals surface area (Å²) in [6, 6.07) is 11.0. The fourth-order valence-corrected chi connectivity index (χ4v) is 3.29. The molecule has 0 spiro atoms. The highest BCUT2D eigenvalue weighted by Crippen LogP contribution is 2.24. The maximum atomic E-state index is 13.2. The van der Waals surface area contributed by atoms with Crippen molar-refractivity contribution in [2.45, 2.75) is 24.9 Å². The minimum Gasteiger partial charge on any atom is -0.335 e. The van der Waals surface area contributed by atoms with Crippen LogP contribution in [0.5, 0.6) is 0 Å². The highest BCUT2D eigenvalue weighted by Gasteiger charge is 2.29. The van der Waals surface area contributed by atoms with Crippen LogP contribution in [0.15, 0.2) is 48.8 Å². The van der Waals surface area contributed by atoms with E-state index in [0.717, 1.165) is 24.9 Å². The van der Waals surface area contributed by atoms with Crippen LogP contribution in [0.2, 0.25) is 0 Å². The SMILES string of the molecule is Cl.O=C(Nc1cccc(C(=O)N2CCNCC2c2cccnc2)c1)NC1CC1. The molecule has 2 fully saturated rings. The molecule has 1 saturated heterocycles.